The smallest absolute Gasteiger partial charge is 0.255 e. The van der Waals surface area contributed by atoms with Gasteiger partial charge in [0.25, 0.3) is 5.91 Å². The molecular weight excluding hydrogens is 396 g/mol. The van der Waals surface area contributed by atoms with Crippen LogP contribution in [0.2, 0.25) is 0 Å². The minimum absolute atomic E-state index is 0.147. The van der Waals surface area contributed by atoms with Gasteiger partial charge >= 0.3 is 0 Å². The molecular formula is C23H26N4O2S. The number of rotatable bonds is 6. The zero-order valence-corrected chi connectivity index (χ0v) is 18.1. The second kappa shape index (κ2) is 9.28. The highest BCUT2D eigenvalue weighted by Gasteiger charge is 2.18. The van der Waals surface area contributed by atoms with Crippen molar-refractivity contribution in [2.45, 2.75) is 13.5 Å². The lowest BCUT2D eigenvalue weighted by molar-refractivity contribution is 0.102. The number of carbonyl (C=O) groups excluding carboxylic acids is 1. The van der Waals surface area contributed by atoms with Gasteiger partial charge in [0.15, 0.2) is 0 Å². The van der Waals surface area contributed by atoms with Gasteiger partial charge in [0.1, 0.15) is 12.4 Å². The first-order valence-corrected chi connectivity index (χ1v) is 10.9. The summed E-state index contributed by atoms with van der Waals surface area (Å²) in [5.41, 5.74) is 3.35. The lowest BCUT2D eigenvalue weighted by atomic mass is 10.1. The number of amides is 1. The van der Waals surface area contributed by atoms with Crippen LogP contribution in [0, 0.1) is 6.92 Å². The van der Waals surface area contributed by atoms with E-state index in [-0.39, 0.29) is 5.91 Å². The topological polar surface area (TPSA) is 57.7 Å². The number of aryl methyl sites for hydroxylation is 1. The van der Waals surface area contributed by atoms with Crippen molar-refractivity contribution in [2.75, 3.05) is 43.4 Å². The summed E-state index contributed by atoms with van der Waals surface area (Å²) in [6.07, 6.45) is 0. The molecule has 1 aliphatic rings. The summed E-state index contributed by atoms with van der Waals surface area (Å²) in [7, 11) is 2.13. The summed E-state index contributed by atoms with van der Waals surface area (Å²) in [4.78, 5) is 22.0. The van der Waals surface area contributed by atoms with Gasteiger partial charge in [0.05, 0.1) is 22.1 Å². The van der Waals surface area contributed by atoms with Crippen molar-refractivity contribution in [1.29, 1.82) is 0 Å². The van der Waals surface area contributed by atoms with Gasteiger partial charge in [-0.1, -0.05) is 18.2 Å². The quantitative estimate of drug-likeness (QED) is 0.650. The van der Waals surface area contributed by atoms with Crippen LogP contribution >= 0.6 is 11.3 Å². The number of likely N-dealkylation sites (N-methyl/N-ethyl adjacent to an activating group) is 1. The molecule has 3 aromatic rings. The van der Waals surface area contributed by atoms with E-state index in [2.05, 4.69) is 33.2 Å². The number of carbonyl (C=O) groups is 1. The van der Waals surface area contributed by atoms with Crippen LogP contribution in [0.4, 0.5) is 11.4 Å². The summed E-state index contributed by atoms with van der Waals surface area (Å²) in [5.74, 6) is 0.507. The van der Waals surface area contributed by atoms with Crippen LogP contribution in [0.5, 0.6) is 5.75 Å². The zero-order valence-electron chi connectivity index (χ0n) is 17.3. The van der Waals surface area contributed by atoms with Crippen LogP contribution in [0.1, 0.15) is 21.1 Å². The van der Waals surface area contributed by atoms with E-state index in [4.69, 9.17) is 4.74 Å². The Hall–Kier alpha value is -2.90. The SMILES string of the molecule is Cc1nc(COc2cccc(C(=O)Nc3ccccc3N3CCN(C)CC3)c2)cs1. The van der Waals surface area contributed by atoms with Crippen LogP contribution in [-0.4, -0.2) is 49.0 Å². The minimum Gasteiger partial charge on any atom is -0.487 e. The summed E-state index contributed by atoms with van der Waals surface area (Å²) in [6, 6.07) is 15.2. The molecule has 1 aliphatic heterocycles. The first-order valence-electron chi connectivity index (χ1n) is 10.1. The molecule has 0 atom stereocenters. The van der Waals surface area contributed by atoms with Crippen molar-refractivity contribution in [3.8, 4) is 5.75 Å². The van der Waals surface area contributed by atoms with Gasteiger partial charge in [-0.05, 0) is 44.3 Å². The fourth-order valence-corrected chi connectivity index (χ4v) is 4.05. The molecule has 30 heavy (non-hydrogen) atoms. The van der Waals surface area contributed by atoms with Gasteiger partial charge < -0.3 is 19.9 Å². The molecule has 0 aliphatic carbocycles. The first-order chi connectivity index (χ1) is 14.6. The fraction of sp³-hybridized carbons (Fsp3) is 0.304. The normalized spacial score (nSPS) is 14.5. The molecule has 2 heterocycles. The van der Waals surface area contributed by atoms with Gasteiger partial charge in [-0.15, -0.1) is 11.3 Å². The maximum Gasteiger partial charge on any atom is 0.255 e. The second-order valence-electron chi connectivity index (χ2n) is 7.44. The van der Waals surface area contributed by atoms with Gasteiger partial charge in [-0.3, -0.25) is 4.79 Å². The lowest BCUT2D eigenvalue weighted by Gasteiger charge is -2.35. The van der Waals surface area contributed by atoms with Gasteiger partial charge in [-0.25, -0.2) is 4.98 Å². The van der Waals surface area contributed by atoms with E-state index in [9.17, 15) is 4.79 Å². The van der Waals surface area contributed by atoms with Crippen molar-refractivity contribution >= 4 is 28.6 Å². The summed E-state index contributed by atoms with van der Waals surface area (Å²) < 4.78 is 5.83. The Morgan fingerprint density at radius 3 is 2.70 bits per heavy atom. The standard InChI is InChI=1S/C23H26N4O2S/c1-17-24-19(16-30-17)15-29-20-7-5-6-18(14-20)23(28)25-21-8-3-4-9-22(21)27-12-10-26(2)11-13-27/h3-9,14,16H,10-13,15H2,1-2H3,(H,25,28). The fourth-order valence-electron chi connectivity index (χ4n) is 3.46. The van der Waals surface area contributed by atoms with Crippen molar-refractivity contribution in [1.82, 2.24) is 9.88 Å². The highest BCUT2D eigenvalue weighted by molar-refractivity contribution is 7.09. The Morgan fingerprint density at radius 1 is 1.13 bits per heavy atom. The Balaban J connectivity index is 1.44. The average molecular weight is 423 g/mol. The average Bonchev–Trinajstić information content (AvgIpc) is 3.19. The van der Waals surface area contributed by atoms with Crippen molar-refractivity contribution in [3.63, 3.8) is 0 Å². The number of anilines is 2. The lowest BCUT2D eigenvalue weighted by Crippen LogP contribution is -2.44. The second-order valence-corrected chi connectivity index (χ2v) is 8.50. The molecule has 0 bridgehead atoms. The number of ether oxygens (including phenoxy) is 1. The Morgan fingerprint density at radius 2 is 1.93 bits per heavy atom. The monoisotopic (exact) mass is 422 g/mol. The molecule has 7 heteroatoms. The highest BCUT2D eigenvalue weighted by atomic mass is 32.1. The molecule has 4 rings (SSSR count). The molecule has 1 aromatic heterocycles. The van der Waals surface area contributed by atoms with Crippen molar-refractivity contribution in [2.24, 2.45) is 0 Å². The number of nitrogens with zero attached hydrogens (tertiary/aromatic N) is 3. The van der Waals surface area contributed by atoms with Gasteiger partial charge in [0, 0.05) is 37.1 Å². The van der Waals surface area contributed by atoms with Crippen LogP contribution in [0.15, 0.2) is 53.9 Å². The number of thiazole rings is 1. The van der Waals surface area contributed by atoms with Gasteiger partial charge in [0.2, 0.25) is 0 Å². The van der Waals surface area contributed by atoms with Crippen molar-refractivity contribution < 1.29 is 9.53 Å². The number of para-hydroxylation sites is 2. The maximum atomic E-state index is 12.9. The van der Waals surface area contributed by atoms with E-state index >= 15 is 0 Å². The van der Waals surface area contributed by atoms with Gasteiger partial charge in [-0.2, -0.15) is 0 Å². The molecule has 0 unspecified atom stereocenters. The van der Waals surface area contributed by atoms with E-state index in [0.717, 1.165) is 48.3 Å². The number of piperazine rings is 1. The summed E-state index contributed by atoms with van der Waals surface area (Å²) >= 11 is 1.60. The number of aromatic nitrogens is 1. The molecule has 0 spiro atoms. The Bertz CT molecular complexity index is 1010. The van der Waals surface area contributed by atoms with Crippen LogP contribution < -0.4 is 15.0 Å². The van der Waals surface area contributed by atoms with Crippen LogP contribution in [0.3, 0.4) is 0 Å². The molecule has 1 fully saturated rings. The maximum absolute atomic E-state index is 12.9. The largest absolute Gasteiger partial charge is 0.487 e. The molecule has 6 nitrogen and oxygen atoms in total. The molecule has 2 aromatic carbocycles. The van der Waals surface area contributed by atoms with E-state index in [1.165, 1.54) is 0 Å². The Labute approximate surface area is 181 Å². The predicted octanol–water partition coefficient (Wildman–Crippen LogP) is 4.03. The first kappa shape index (κ1) is 20.4. The number of benzene rings is 2. The summed E-state index contributed by atoms with van der Waals surface area (Å²) in [5, 5.41) is 6.08. The minimum atomic E-state index is -0.147. The molecule has 1 saturated heterocycles. The highest BCUT2D eigenvalue weighted by Crippen LogP contribution is 2.27. The van der Waals surface area contributed by atoms with Crippen LogP contribution in [-0.2, 0) is 6.61 Å². The number of hydrogen-bond acceptors (Lipinski definition) is 6. The molecule has 0 saturated carbocycles. The third kappa shape index (κ3) is 4.98. The number of hydrogen-bond donors (Lipinski definition) is 1. The molecule has 1 amide bonds. The van der Waals surface area contributed by atoms with Crippen molar-refractivity contribution in [3.05, 3.63) is 70.2 Å². The molecule has 1 N–H and O–H groups in total. The predicted molar refractivity (Wildman–Crippen MR) is 122 cm³/mol. The zero-order chi connectivity index (χ0) is 20.9. The van der Waals surface area contributed by atoms with E-state index in [1.54, 1.807) is 23.5 Å². The molecule has 0 radical (unpaired) electrons. The van der Waals surface area contributed by atoms with E-state index in [1.807, 2.05) is 42.6 Å². The summed E-state index contributed by atoms with van der Waals surface area (Å²) in [6.45, 7) is 6.28. The third-order valence-electron chi connectivity index (χ3n) is 5.15. The third-order valence-corrected chi connectivity index (χ3v) is 5.97. The van der Waals surface area contributed by atoms with E-state index < -0.39 is 0 Å². The number of nitrogens with one attached hydrogen (secondary N) is 1. The van der Waals surface area contributed by atoms with Crippen LogP contribution in [0.25, 0.3) is 0 Å². The van der Waals surface area contributed by atoms with E-state index in [0.29, 0.717) is 17.9 Å². The Kier molecular flexibility index (Phi) is 6.30. The molecule has 156 valence electrons.